The first kappa shape index (κ1) is 23.9. The summed E-state index contributed by atoms with van der Waals surface area (Å²) in [6.07, 6.45) is 3.26. The fraction of sp³-hybridized carbons (Fsp3) is 0.500. The molecular formula is C24H30N8O4. The zero-order valence-corrected chi connectivity index (χ0v) is 20.7. The molecule has 2 amide bonds. The van der Waals surface area contributed by atoms with Crippen LogP contribution in [0.15, 0.2) is 24.5 Å². The second-order valence-corrected chi connectivity index (χ2v) is 9.17. The van der Waals surface area contributed by atoms with Crippen LogP contribution >= 0.6 is 0 Å². The molecule has 2 aliphatic heterocycles. The summed E-state index contributed by atoms with van der Waals surface area (Å²) in [5, 5.41) is 15.8. The van der Waals surface area contributed by atoms with E-state index in [-0.39, 0.29) is 24.1 Å². The smallest absolute Gasteiger partial charge is 0.274 e. The lowest BCUT2D eigenvalue weighted by Gasteiger charge is -2.20. The monoisotopic (exact) mass is 494 g/mol. The largest absolute Gasteiger partial charge is 0.489 e. The molecule has 0 radical (unpaired) electrons. The number of nitrogens with one attached hydrogen (secondary N) is 1. The molecule has 0 saturated carbocycles. The Bertz CT molecular complexity index is 1270. The maximum atomic E-state index is 13.1. The molecule has 0 unspecified atom stereocenters. The number of pyridine rings is 1. The quantitative estimate of drug-likeness (QED) is 0.566. The van der Waals surface area contributed by atoms with Gasteiger partial charge < -0.3 is 19.7 Å². The Morgan fingerprint density at radius 1 is 1.25 bits per heavy atom. The van der Waals surface area contributed by atoms with Gasteiger partial charge in [0.2, 0.25) is 5.91 Å². The Morgan fingerprint density at radius 2 is 2.11 bits per heavy atom. The summed E-state index contributed by atoms with van der Waals surface area (Å²) in [6.45, 7) is 8.19. The van der Waals surface area contributed by atoms with Crippen LogP contribution < -0.4 is 10.1 Å². The van der Waals surface area contributed by atoms with Crippen molar-refractivity contribution in [1.29, 1.82) is 0 Å². The number of fused-ring (bicyclic) bond motifs is 4. The minimum atomic E-state index is -0.412. The van der Waals surface area contributed by atoms with E-state index in [2.05, 4.69) is 25.7 Å². The van der Waals surface area contributed by atoms with Gasteiger partial charge in [-0.2, -0.15) is 5.10 Å². The van der Waals surface area contributed by atoms with E-state index in [1.54, 1.807) is 34.1 Å². The molecule has 1 fully saturated rings. The van der Waals surface area contributed by atoms with Crippen molar-refractivity contribution in [3.8, 4) is 5.75 Å². The summed E-state index contributed by atoms with van der Waals surface area (Å²) >= 11 is 0. The molecule has 0 aliphatic carbocycles. The molecule has 2 aliphatic rings. The molecule has 12 heteroatoms. The predicted octanol–water partition coefficient (Wildman–Crippen LogP) is 0.804. The molecule has 190 valence electrons. The van der Waals surface area contributed by atoms with Crippen molar-refractivity contribution in [2.75, 3.05) is 19.7 Å². The number of ether oxygens (including phenoxy) is 2. The van der Waals surface area contributed by atoms with E-state index in [9.17, 15) is 9.59 Å². The molecule has 3 aromatic rings. The van der Waals surface area contributed by atoms with Gasteiger partial charge >= 0.3 is 0 Å². The number of aromatic nitrogens is 6. The Labute approximate surface area is 208 Å². The van der Waals surface area contributed by atoms with Gasteiger partial charge in [-0.05, 0) is 38.5 Å². The van der Waals surface area contributed by atoms with E-state index in [0.717, 1.165) is 17.0 Å². The van der Waals surface area contributed by atoms with Crippen molar-refractivity contribution >= 4 is 11.8 Å². The number of hydrogen-bond donors (Lipinski definition) is 1. The number of carbonyl (C=O) groups is 2. The van der Waals surface area contributed by atoms with Crippen LogP contribution in [0.1, 0.15) is 39.6 Å². The Kier molecular flexibility index (Phi) is 6.68. The molecular weight excluding hydrogens is 464 g/mol. The van der Waals surface area contributed by atoms with Crippen molar-refractivity contribution in [3.05, 3.63) is 52.9 Å². The third-order valence-electron chi connectivity index (χ3n) is 6.81. The summed E-state index contributed by atoms with van der Waals surface area (Å²) in [5.74, 6) is -0.00204. The lowest BCUT2D eigenvalue weighted by Crippen LogP contribution is -2.44. The SMILES string of the molecule is Cc1nn(CCC(=O)N2C[C@@H]3NC(=O)c4ncccc4OCCn4cc(nn4)CO[C@H]3C2)c(C)c1C. The fourth-order valence-electron chi connectivity index (χ4n) is 4.52. The number of rotatable bonds is 3. The highest BCUT2D eigenvalue weighted by Crippen LogP contribution is 2.21. The number of aryl methyl sites for hydroxylation is 2. The molecule has 3 aromatic heterocycles. The van der Waals surface area contributed by atoms with Gasteiger partial charge in [0.1, 0.15) is 12.3 Å². The zero-order valence-electron chi connectivity index (χ0n) is 20.7. The first-order valence-corrected chi connectivity index (χ1v) is 12.1. The van der Waals surface area contributed by atoms with Crippen LogP contribution in [0.5, 0.6) is 5.75 Å². The molecule has 12 nitrogen and oxygen atoms in total. The average Bonchev–Trinajstić information content (AvgIpc) is 3.56. The second-order valence-electron chi connectivity index (χ2n) is 9.17. The van der Waals surface area contributed by atoms with E-state index < -0.39 is 12.1 Å². The summed E-state index contributed by atoms with van der Waals surface area (Å²) in [7, 11) is 0. The lowest BCUT2D eigenvalue weighted by atomic mass is 10.2. The van der Waals surface area contributed by atoms with Crippen molar-refractivity contribution in [3.63, 3.8) is 0 Å². The molecule has 5 rings (SSSR count). The summed E-state index contributed by atoms with van der Waals surface area (Å²) < 4.78 is 15.5. The number of amides is 2. The summed E-state index contributed by atoms with van der Waals surface area (Å²) in [4.78, 5) is 32.2. The Hall–Kier alpha value is -3.80. The standard InChI is InChI=1S/C24H30N8O4/c1-15-16(2)28-32(17(15)3)8-6-22(33)30-12-19-21(13-30)36-14-18-11-31(29-27-18)9-10-35-20-5-4-7-25-23(20)24(34)26-19/h4-5,7,11,19,21H,6,8-10,12-14H2,1-3H3,(H,26,34)/t19-,21-/m0/s1. The van der Waals surface area contributed by atoms with Gasteiger partial charge in [0, 0.05) is 37.9 Å². The van der Waals surface area contributed by atoms with E-state index in [1.807, 2.05) is 25.5 Å². The van der Waals surface area contributed by atoms with Crippen molar-refractivity contribution in [2.45, 2.75) is 59.0 Å². The normalized spacial score (nSPS) is 20.2. The molecule has 5 heterocycles. The van der Waals surface area contributed by atoms with Crippen LogP contribution in [0.3, 0.4) is 0 Å². The molecule has 1 saturated heterocycles. The third kappa shape index (κ3) is 4.94. The number of carbonyl (C=O) groups excluding carboxylic acids is 2. The van der Waals surface area contributed by atoms with Gasteiger partial charge in [-0.25, -0.2) is 9.67 Å². The highest BCUT2D eigenvalue weighted by Gasteiger charge is 2.37. The van der Waals surface area contributed by atoms with Gasteiger partial charge in [0.25, 0.3) is 5.91 Å². The van der Waals surface area contributed by atoms with Crippen LogP contribution in [0.2, 0.25) is 0 Å². The lowest BCUT2D eigenvalue weighted by molar-refractivity contribution is -0.131. The van der Waals surface area contributed by atoms with Gasteiger partial charge in [-0.3, -0.25) is 14.3 Å². The minimum Gasteiger partial charge on any atom is -0.489 e. The predicted molar refractivity (Wildman–Crippen MR) is 127 cm³/mol. The fourth-order valence-corrected chi connectivity index (χ4v) is 4.52. The van der Waals surface area contributed by atoms with Crippen LogP contribution in [0.4, 0.5) is 0 Å². The maximum Gasteiger partial charge on any atom is 0.274 e. The molecule has 1 N–H and O–H groups in total. The van der Waals surface area contributed by atoms with E-state index in [1.165, 1.54) is 0 Å². The van der Waals surface area contributed by atoms with Crippen molar-refractivity contribution in [2.24, 2.45) is 0 Å². The maximum absolute atomic E-state index is 13.1. The van der Waals surface area contributed by atoms with Crippen molar-refractivity contribution < 1.29 is 19.1 Å². The van der Waals surface area contributed by atoms with Gasteiger partial charge in [-0.15, -0.1) is 5.10 Å². The highest BCUT2D eigenvalue weighted by molar-refractivity contribution is 5.95. The van der Waals surface area contributed by atoms with E-state index in [0.29, 0.717) is 50.7 Å². The first-order valence-electron chi connectivity index (χ1n) is 12.1. The summed E-state index contributed by atoms with van der Waals surface area (Å²) in [6, 6.07) is 3.01. The minimum absolute atomic E-state index is 0.0173. The Balaban J connectivity index is 1.32. The van der Waals surface area contributed by atoms with Crippen LogP contribution in [-0.2, 0) is 29.2 Å². The number of hydrogen-bond acceptors (Lipinski definition) is 8. The first-order chi connectivity index (χ1) is 17.4. The highest BCUT2D eigenvalue weighted by atomic mass is 16.5. The van der Waals surface area contributed by atoms with E-state index in [4.69, 9.17) is 9.47 Å². The molecule has 2 atom stereocenters. The average molecular weight is 495 g/mol. The topological polar surface area (TPSA) is 129 Å². The third-order valence-corrected chi connectivity index (χ3v) is 6.81. The van der Waals surface area contributed by atoms with Crippen molar-refractivity contribution in [1.82, 2.24) is 40.0 Å². The van der Waals surface area contributed by atoms with Crippen LogP contribution in [0.25, 0.3) is 0 Å². The van der Waals surface area contributed by atoms with Gasteiger partial charge in [-0.1, -0.05) is 5.21 Å². The molecule has 0 spiro atoms. The number of likely N-dealkylation sites (tertiary alicyclic amines) is 1. The molecule has 0 aromatic carbocycles. The molecule has 36 heavy (non-hydrogen) atoms. The second kappa shape index (κ2) is 10.1. The number of nitrogens with zero attached hydrogens (tertiary/aromatic N) is 7. The Morgan fingerprint density at radius 3 is 2.92 bits per heavy atom. The zero-order chi connectivity index (χ0) is 25.2. The molecule has 2 bridgehead atoms. The van der Waals surface area contributed by atoms with Crippen LogP contribution in [-0.4, -0.2) is 78.3 Å². The van der Waals surface area contributed by atoms with E-state index >= 15 is 0 Å². The van der Waals surface area contributed by atoms with Gasteiger partial charge in [0.05, 0.1) is 37.2 Å². The summed E-state index contributed by atoms with van der Waals surface area (Å²) in [5.41, 5.74) is 4.03. The van der Waals surface area contributed by atoms with Crippen LogP contribution in [0, 0.1) is 20.8 Å². The van der Waals surface area contributed by atoms with Gasteiger partial charge in [0.15, 0.2) is 11.4 Å².